The van der Waals surface area contributed by atoms with E-state index >= 15 is 0 Å². The molecule has 1 aliphatic rings. The highest BCUT2D eigenvalue weighted by molar-refractivity contribution is 5.64. The minimum atomic E-state index is 0.456. The summed E-state index contributed by atoms with van der Waals surface area (Å²) < 4.78 is 0. The lowest BCUT2D eigenvalue weighted by Crippen LogP contribution is -2.22. The first-order valence-electron chi connectivity index (χ1n) is 7.40. The molecule has 1 aliphatic carbocycles. The molecule has 20 heavy (non-hydrogen) atoms. The number of nitrogens with zero attached hydrogens (tertiary/aromatic N) is 1. The van der Waals surface area contributed by atoms with Crippen LogP contribution in [0.2, 0.25) is 0 Å². The van der Waals surface area contributed by atoms with Gasteiger partial charge in [0.05, 0.1) is 5.69 Å². The number of rotatable bonds is 3. The molecule has 1 aromatic carbocycles. The van der Waals surface area contributed by atoms with Gasteiger partial charge in [-0.1, -0.05) is 32.9 Å². The quantitative estimate of drug-likeness (QED) is 0.871. The van der Waals surface area contributed by atoms with Gasteiger partial charge in [0.1, 0.15) is 0 Å². The minimum absolute atomic E-state index is 0.456. The van der Waals surface area contributed by atoms with E-state index in [1.54, 1.807) is 6.20 Å². The van der Waals surface area contributed by atoms with Crippen LogP contribution in [0.3, 0.4) is 0 Å². The summed E-state index contributed by atoms with van der Waals surface area (Å²) in [5.41, 5.74) is 3.90. The molecule has 1 aromatic heterocycles. The van der Waals surface area contributed by atoms with Gasteiger partial charge >= 0.3 is 0 Å². The number of benzene rings is 1. The molecule has 1 heterocycles. The normalized spacial score (nSPS) is 24.8. The molecule has 3 heteroatoms. The molecule has 0 amide bonds. The Labute approximate surface area is 120 Å². The van der Waals surface area contributed by atoms with Crippen LogP contribution in [0.25, 0.3) is 11.3 Å². The van der Waals surface area contributed by atoms with Gasteiger partial charge in [-0.15, -0.1) is 0 Å². The van der Waals surface area contributed by atoms with Crippen molar-refractivity contribution in [1.82, 2.24) is 10.2 Å². The molecule has 1 fully saturated rings. The molecule has 0 saturated heterocycles. The SMILES string of the molecule is CC1CC(C)(C)CC1Nc1cccc(-c2ccn[nH]2)c1. The predicted molar refractivity (Wildman–Crippen MR) is 83.6 cm³/mol. The fourth-order valence-electron chi connectivity index (χ4n) is 3.49. The van der Waals surface area contributed by atoms with E-state index in [2.05, 4.69) is 60.6 Å². The number of H-pyrrole nitrogens is 1. The molecule has 0 bridgehead atoms. The third-order valence-electron chi connectivity index (χ3n) is 4.36. The van der Waals surface area contributed by atoms with Crippen molar-refractivity contribution < 1.29 is 0 Å². The molecule has 0 aliphatic heterocycles. The predicted octanol–water partition coefficient (Wildman–Crippen LogP) is 4.31. The third-order valence-corrected chi connectivity index (χ3v) is 4.36. The van der Waals surface area contributed by atoms with Crippen molar-refractivity contribution >= 4 is 5.69 Å². The van der Waals surface area contributed by atoms with Gasteiger partial charge < -0.3 is 5.32 Å². The molecular formula is C17H23N3. The maximum Gasteiger partial charge on any atom is 0.0650 e. The number of hydrogen-bond acceptors (Lipinski definition) is 2. The molecule has 2 atom stereocenters. The van der Waals surface area contributed by atoms with Gasteiger partial charge in [-0.25, -0.2) is 0 Å². The second-order valence-electron chi connectivity index (χ2n) is 6.85. The zero-order chi connectivity index (χ0) is 14.2. The number of nitrogens with one attached hydrogen (secondary N) is 2. The van der Waals surface area contributed by atoms with Crippen molar-refractivity contribution in [2.75, 3.05) is 5.32 Å². The van der Waals surface area contributed by atoms with E-state index in [-0.39, 0.29) is 0 Å². The van der Waals surface area contributed by atoms with Gasteiger partial charge in [-0.2, -0.15) is 5.10 Å². The molecule has 0 spiro atoms. The Bertz CT molecular complexity index is 572. The van der Waals surface area contributed by atoms with E-state index < -0.39 is 0 Å². The van der Waals surface area contributed by atoms with Crippen molar-refractivity contribution in [3.05, 3.63) is 36.5 Å². The third kappa shape index (κ3) is 2.72. The Morgan fingerprint density at radius 2 is 2.10 bits per heavy atom. The van der Waals surface area contributed by atoms with Crippen molar-refractivity contribution in [1.29, 1.82) is 0 Å². The zero-order valence-electron chi connectivity index (χ0n) is 12.5. The molecule has 0 radical (unpaired) electrons. The van der Waals surface area contributed by atoms with Crippen LogP contribution in [0, 0.1) is 11.3 Å². The summed E-state index contributed by atoms with van der Waals surface area (Å²) in [5, 5.41) is 10.7. The van der Waals surface area contributed by atoms with E-state index in [0.717, 1.165) is 11.6 Å². The average Bonchev–Trinajstić information content (AvgIpc) is 2.98. The van der Waals surface area contributed by atoms with Crippen LogP contribution in [-0.2, 0) is 0 Å². The number of aromatic amines is 1. The molecule has 106 valence electrons. The van der Waals surface area contributed by atoms with Crippen molar-refractivity contribution in [2.45, 2.75) is 39.7 Å². The second kappa shape index (κ2) is 4.97. The van der Waals surface area contributed by atoms with Gasteiger partial charge in [0, 0.05) is 23.5 Å². The smallest absolute Gasteiger partial charge is 0.0650 e. The summed E-state index contributed by atoms with van der Waals surface area (Å²) in [6, 6.07) is 11.1. The monoisotopic (exact) mass is 269 g/mol. The van der Waals surface area contributed by atoms with Gasteiger partial charge in [-0.05, 0) is 42.4 Å². The first-order valence-corrected chi connectivity index (χ1v) is 7.40. The maximum atomic E-state index is 4.02. The average molecular weight is 269 g/mol. The van der Waals surface area contributed by atoms with Crippen LogP contribution in [0.5, 0.6) is 0 Å². The van der Waals surface area contributed by atoms with E-state index in [1.807, 2.05) is 6.07 Å². The maximum absolute atomic E-state index is 4.02. The lowest BCUT2D eigenvalue weighted by Gasteiger charge is -2.20. The number of hydrogen-bond donors (Lipinski definition) is 2. The Kier molecular flexibility index (Phi) is 3.28. The Morgan fingerprint density at radius 1 is 1.25 bits per heavy atom. The van der Waals surface area contributed by atoms with E-state index in [4.69, 9.17) is 0 Å². The van der Waals surface area contributed by atoms with Gasteiger partial charge in [0.25, 0.3) is 0 Å². The van der Waals surface area contributed by atoms with Crippen molar-refractivity contribution in [2.24, 2.45) is 11.3 Å². The molecule has 2 aromatic rings. The molecule has 1 saturated carbocycles. The highest BCUT2D eigenvalue weighted by atomic mass is 15.1. The Morgan fingerprint density at radius 3 is 2.75 bits per heavy atom. The summed E-state index contributed by atoms with van der Waals surface area (Å²) in [5.74, 6) is 0.723. The van der Waals surface area contributed by atoms with Crippen molar-refractivity contribution in [3.63, 3.8) is 0 Å². The number of anilines is 1. The van der Waals surface area contributed by atoms with E-state index in [9.17, 15) is 0 Å². The largest absolute Gasteiger partial charge is 0.382 e. The lowest BCUT2D eigenvalue weighted by atomic mass is 9.91. The van der Waals surface area contributed by atoms with Crippen LogP contribution in [0.1, 0.15) is 33.6 Å². The lowest BCUT2D eigenvalue weighted by molar-refractivity contribution is 0.366. The van der Waals surface area contributed by atoms with Crippen LogP contribution in [-0.4, -0.2) is 16.2 Å². The molecule has 3 rings (SSSR count). The Hall–Kier alpha value is -1.77. The first-order chi connectivity index (χ1) is 9.53. The minimum Gasteiger partial charge on any atom is -0.382 e. The molecule has 3 nitrogen and oxygen atoms in total. The standard InChI is InChI=1S/C17H23N3/c1-12-10-17(2,3)11-16(12)19-14-6-4-5-13(9-14)15-7-8-18-20-15/h4-9,12,16,19H,10-11H2,1-3H3,(H,18,20). The van der Waals surface area contributed by atoms with Crippen LogP contribution in [0.15, 0.2) is 36.5 Å². The fraction of sp³-hybridized carbons (Fsp3) is 0.471. The topological polar surface area (TPSA) is 40.7 Å². The van der Waals surface area contributed by atoms with Gasteiger partial charge in [0.2, 0.25) is 0 Å². The second-order valence-corrected chi connectivity index (χ2v) is 6.85. The first kappa shape index (κ1) is 13.2. The zero-order valence-corrected chi connectivity index (χ0v) is 12.5. The molecule has 2 N–H and O–H groups in total. The van der Waals surface area contributed by atoms with Gasteiger partial charge in [-0.3, -0.25) is 5.10 Å². The highest BCUT2D eigenvalue weighted by Gasteiger charge is 2.36. The van der Waals surface area contributed by atoms with E-state index in [1.165, 1.54) is 24.1 Å². The summed E-state index contributed by atoms with van der Waals surface area (Å²) >= 11 is 0. The van der Waals surface area contributed by atoms with Crippen LogP contribution >= 0.6 is 0 Å². The highest BCUT2D eigenvalue weighted by Crippen LogP contribution is 2.42. The molecular weight excluding hydrogens is 246 g/mol. The fourth-order valence-corrected chi connectivity index (χ4v) is 3.49. The molecule has 2 unspecified atom stereocenters. The van der Waals surface area contributed by atoms with E-state index in [0.29, 0.717) is 11.5 Å². The summed E-state index contributed by atoms with van der Waals surface area (Å²) in [6.45, 7) is 7.09. The summed E-state index contributed by atoms with van der Waals surface area (Å²) in [4.78, 5) is 0. The summed E-state index contributed by atoms with van der Waals surface area (Å²) in [6.07, 6.45) is 4.32. The van der Waals surface area contributed by atoms with Crippen molar-refractivity contribution in [3.8, 4) is 11.3 Å². The Balaban J connectivity index is 1.77. The van der Waals surface area contributed by atoms with Crippen LogP contribution < -0.4 is 5.32 Å². The summed E-state index contributed by atoms with van der Waals surface area (Å²) in [7, 11) is 0. The van der Waals surface area contributed by atoms with Gasteiger partial charge in [0.15, 0.2) is 0 Å². The number of aromatic nitrogens is 2. The van der Waals surface area contributed by atoms with Crippen LogP contribution in [0.4, 0.5) is 5.69 Å².